The van der Waals surface area contributed by atoms with Crippen LogP contribution in [0.15, 0.2) is 54.6 Å². The molecule has 0 unspecified atom stereocenters. The molecule has 1 aliphatic carbocycles. The molecule has 1 aliphatic rings. The Labute approximate surface area is 155 Å². The van der Waals surface area contributed by atoms with Crippen LogP contribution in [0.25, 0.3) is 22.6 Å². The van der Waals surface area contributed by atoms with Crippen molar-refractivity contribution in [2.24, 2.45) is 0 Å². The van der Waals surface area contributed by atoms with E-state index in [0.29, 0.717) is 5.92 Å². The summed E-state index contributed by atoms with van der Waals surface area (Å²) in [6, 6.07) is 18.5. The second-order valence-corrected chi connectivity index (χ2v) is 6.88. The second kappa shape index (κ2) is 7.28. The summed E-state index contributed by atoms with van der Waals surface area (Å²) in [7, 11) is 1.70. The highest BCUT2D eigenvalue weighted by Crippen LogP contribution is 2.43. The van der Waals surface area contributed by atoms with Crippen LogP contribution in [0.2, 0.25) is 0 Å². The Morgan fingerprint density at radius 2 is 1.65 bits per heavy atom. The number of rotatable bonds is 6. The molecule has 1 fully saturated rings. The van der Waals surface area contributed by atoms with Gasteiger partial charge in [0.25, 0.3) is 0 Å². The monoisotopic (exact) mass is 344 g/mol. The van der Waals surface area contributed by atoms with Crippen LogP contribution in [0, 0.1) is 0 Å². The molecule has 0 N–H and O–H groups in total. The first-order chi connectivity index (χ1) is 12.8. The van der Waals surface area contributed by atoms with Gasteiger partial charge in [-0.1, -0.05) is 43.7 Å². The van der Waals surface area contributed by atoms with Crippen LogP contribution in [0.3, 0.4) is 0 Å². The maximum absolute atomic E-state index is 5.32. The molecule has 0 saturated heterocycles. The fourth-order valence-electron chi connectivity index (χ4n) is 3.40. The number of benzene rings is 2. The van der Waals surface area contributed by atoms with E-state index in [4.69, 9.17) is 14.7 Å². The van der Waals surface area contributed by atoms with Gasteiger partial charge in [-0.15, -0.1) is 0 Å². The minimum Gasteiger partial charge on any atom is -0.497 e. The average molecular weight is 344 g/mol. The molecule has 132 valence electrons. The largest absolute Gasteiger partial charge is 0.497 e. The zero-order valence-corrected chi connectivity index (χ0v) is 15.4. The van der Waals surface area contributed by atoms with Gasteiger partial charge in [0.2, 0.25) is 0 Å². The van der Waals surface area contributed by atoms with Gasteiger partial charge in [0.05, 0.1) is 18.5 Å². The van der Waals surface area contributed by atoms with Gasteiger partial charge < -0.3 is 4.74 Å². The van der Waals surface area contributed by atoms with E-state index in [1.54, 1.807) is 7.11 Å². The highest BCUT2D eigenvalue weighted by molar-refractivity contribution is 5.69. The summed E-state index contributed by atoms with van der Waals surface area (Å²) in [6.07, 6.45) is 4.59. The zero-order valence-electron chi connectivity index (χ0n) is 15.4. The molecule has 0 amide bonds. The van der Waals surface area contributed by atoms with Crippen LogP contribution in [0.5, 0.6) is 5.75 Å². The molecule has 1 heterocycles. The lowest BCUT2D eigenvalue weighted by Crippen LogP contribution is -2.05. The van der Waals surface area contributed by atoms with Gasteiger partial charge in [-0.05, 0) is 43.5 Å². The summed E-state index contributed by atoms with van der Waals surface area (Å²) < 4.78 is 5.32. The normalized spacial score (nSPS) is 13.6. The third kappa shape index (κ3) is 3.34. The molecule has 3 heteroatoms. The van der Waals surface area contributed by atoms with Crippen molar-refractivity contribution in [3.63, 3.8) is 0 Å². The minimum atomic E-state index is 0.596. The first-order valence-corrected chi connectivity index (χ1v) is 9.40. The molecule has 0 aliphatic heterocycles. The predicted molar refractivity (Wildman–Crippen MR) is 105 cm³/mol. The van der Waals surface area contributed by atoms with Crippen molar-refractivity contribution in [1.82, 2.24) is 9.97 Å². The lowest BCUT2D eigenvalue weighted by molar-refractivity contribution is 0.415. The Hall–Kier alpha value is -2.68. The average Bonchev–Trinajstić information content (AvgIpc) is 3.54. The summed E-state index contributed by atoms with van der Waals surface area (Å²) in [5.41, 5.74) is 5.86. The van der Waals surface area contributed by atoms with Crippen LogP contribution in [0.1, 0.15) is 43.4 Å². The summed E-state index contributed by atoms with van der Waals surface area (Å²) in [5, 5.41) is 0. The van der Waals surface area contributed by atoms with Gasteiger partial charge in [-0.3, -0.25) is 0 Å². The summed E-state index contributed by atoms with van der Waals surface area (Å²) in [5.74, 6) is 2.29. The van der Waals surface area contributed by atoms with Crippen molar-refractivity contribution in [2.75, 3.05) is 7.11 Å². The van der Waals surface area contributed by atoms with Crippen LogP contribution >= 0.6 is 0 Å². The Kier molecular flexibility index (Phi) is 4.70. The second-order valence-electron chi connectivity index (χ2n) is 6.88. The standard InChI is InChI=1S/C23H24N2O/c1-3-7-20-21(16-10-11-16)24-23(18-8-5-4-6-9-18)25-22(20)17-12-14-19(26-2)15-13-17/h4-6,8-9,12-16H,3,7,10-11H2,1-2H3. The third-order valence-electron chi connectivity index (χ3n) is 4.90. The quantitative estimate of drug-likeness (QED) is 0.579. The SMILES string of the molecule is CCCc1c(-c2ccc(OC)cc2)nc(-c2ccccc2)nc1C1CC1. The van der Waals surface area contributed by atoms with Crippen molar-refractivity contribution < 1.29 is 4.74 Å². The minimum absolute atomic E-state index is 0.596. The lowest BCUT2D eigenvalue weighted by Gasteiger charge is -2.15. The van der Waals surface area contributed by atoms with E-state index in [9.17, 15) is 0 Å². The fourth-order valence-corrected chi connectivity index (χ4v) is 3.40. The number of ether oxygens (including phenoxy) is 1. The molecular weight excluding hydrogens is 320 g/mol. The summed E-state index contributed by atoms with van der Waals surface area (Å²) in [4.78, 5) is 10.0. The predicted octanol–water partition coefficient (Wildman–Crippen LogP) is 5.65. The molecule has 1 aromatic heterocycles. The van der Waals surface area contributed by atoms with Crippen LogP contribution in [-0.4, -0.2) is 17.1 Å². The van der Waals surface area contributed by atoms with Crippen molar-refractivity contribution in [2.45, 2.75) is 38.5 Å². The van der Waals surface area contributed by atoms with Gasteiger partial charge >= 0.3 is 0 Å². The third-order valence-corrected chi connectivity index (χ3v) is 4.90. The molecule has 0 atom stereocenters. The number of nitrogens with zero attached hydrogens (tertiary/aromatic N) is 2. The molecule has 26 heavy (non-hydrogen) atoms. The van der Waals surface area contributed by atoms with Crippen molar-refractivity contribution >= 4 is 0 Å². The van der Waals surface area contributed by atoms with Gasteiger partial charge in [0, 0.05) is 22.6 Å². The highest BCUT2D eigenvalue weighted by Gasteiger charge is 2.30. The summed E-state index contributed by atoms with van der Waals surface area (Å²) >= 11 is 0. The van der Waals surface area contributed by atoms with E-state index in [-0.39, 0.29) is 0 Å². The molecule has 0 radical (unpaired) electrons. The topological polar surface area (TPSA) is 35.0 Å². The number of hydrogen-bond donors (Lipinski definition) is 0. The van der Waals surface area contributed by atoms with E-state index in [0.717, 1.165) is 41.2 Å². The smallest absolute Gasteiger partial charge is 0.160 e. The number of aromatic nitrogens is 2. The molecule has 3 aromatic rings. The summed E-state index contributed by atoms with van der Waals surface area (Å²) in [6.45, 7) is 2.22. The fraction of sp³-hybridized carbons (Fsp3) is 0.304. The molecule has 3 nitrogen and oxygen atoms in total. The number of hydrogen-bond acceptors (Lipinski definition) is 3. The van der Waals surface area contributed by atoms with Gasteiger partial charge in [0.15, 0.2) is 5.82 Å². The molecule has 1 saturated carbocycles. The van der Waals surface area contributed by atoms with Gasteiger partial charge in [-0.25, -0.2) is 9.97 Å². The van der Waals surface area contributed by atoms with E-state index < -0.39 is 0 Å². The van der Waals surface area contributed by atoms with E-state index in [1.807, 2.05) is 30.3 Å². The van der Waals surface area contributed by atoms with Crippen LogP contribution in [0.4, 0.5) is 0 Å². The van der Waals surface area contributed by atoms with Gasteiger partial charge in [0.1, 0.15) is 5.75 Å². The van der Waals surface area contributed by atoms with Crippen molar-refractivity contribution in [3.8, 4) is 28.4 Å². The Morgan fingerprint density at radius 1 is 0.923 bits per heavy atom. The van der Waals surface area contributed by atoms with Crippen molar-refractivity contribution in [1.29, 1.82) is 0 Å². The molecule has 2 aromatic carbocycles. The van der Waals surface area contributed by atoms with Crippen LogP contribution < -0.4 is 4.74 Å². The maximum Gasteiger partial charge on any atom is 0.160 e. The first kappa shape index (κ1) is 16.8. The first-order valence-electron chi connectivity index (χ1n) is 9.40. The molecule has 0 bridgehead atoms. The van der Waals surface area contributed by atoms with E-state index in [2.05, 4.69) is 31.2 Å². The molecular formula is C23H24N2O. The highest BCUT2D eigenvalue weighted by atomic mass is 16.5. The van der Waals surface area contributed by atoms with E-state index in [1.165, 1.54) is 24.1 Å². The zero-order chi connectivity index (χ0) is 17.9. The molecule has 0 spiro atoms. The number of methoxy groups -OCH3 is 1. The van der Waals surface area contributed by atoms with Gasteiger partial charge in [-0.2, -0.15) is 0 Å². The van der Waals surface area contributed by atoms with Crippen molar-refractivity contribution in [3.05, 3.63) is 65.9 Å². The Morgan fingerprint density at radius 3 is 2.27 bits per heavy atom. The molecule has 4 rings (SSSR count). The van der Waals surface area contributed by atoms with Crippen LogP contribution in [-0.2, 0) is 6.42 Å². The maximum atomic E-state index is 5.32. The Bertz CT molecular complexity index is 884. The van der Waals surface area contributed by atoms with E-state index >= 15 is 0 Å². The lowest BCUT2D eigenvalue weighted by atomic mass is 9.98. The Balaban J connectivity index is 1.89.